The average Bonchev–Trinajstić information content (AvgIpc) is 3.07. The Hall–Kier alpha value is -1.65. The van der Waals surface area contributed by atoms with Gasteiger partial charge in [0.2, 0.25) is 5.91 Å². The molecule has 0 bridgehead atoms. The summed E-state index contributed by atoms with van der Waals surface area (Å²) in [4.78, 5) is 15.6. The van der Waals surface area contributed by atoms with Crippen LogP contribution in [0.4, 0.5) is 0 Å². The van der Waals surface area contributed by atoms with Gasteiger partial charge in [-0.1, -0.05) is 36.4 Å². The zero-order valence-corrected chi connectivity index (χ0v) is 12.7. The van der Waals surface area contributed by atoms with E-state index in [1.54, 1.807) is 11.3 Å². The molecule has 0 aliphatic carbocycles. The van der Waals surface area contributed by atoms with Crippen LogP contribution < -0.4 is 0 Å². The van der Waals surface area contributed by atoms with Crippen LogP contribution in [0.15, 0.2) is 47.8 Å². The van der Waals surface area contributed by atoms with Crippen LogP contribution >= 0.6 is 11.3 Å². The molecule has 0 radical (unpaired) electrons. The largest absolute Gasteiger partial charge is 0.370 e. The number of aryl methyl sites for hydroxylation is 1. The van der Waals surface area contributed by atoms with Gasteiger partial charge in [-0.2, -0.15) is 0 Å². The van der Waals surface area contributed by atoms with Crippen molar-refractivity contribution >= 4 is 17.2 Å². The maximum atomic E-state index is 12.3. The SMILES string of the molecule is O=C(CCc1cccs1)N1CCOC(c2ccccc2)C1. The summed E-state index contributed by atoms with van der Waals surface area (Å²) in [5.41, 5.74) is 1.15. The summed E-state index contributed by atoms with van der Waals surface area (Å²) in [6.45, 7) is 1.98. The number of rotatable bonds is 4. The second-order valence-corrected chi connectivity index (χ2v) is 6.22. The summed E-state index contributed by atoms with van der Waals surface area (Å²) in [7, 11) is 0. The number of carbonyl (C=O) groups excluding carboxylic acids is 1. The Balaban J connectivity index is 1.56. The predicted octanol–water partition coefficient (Wildman–Crippen LogP) is 3.28. The lowest BCUT2D eigenvalue weighted by molar-refractivity contribution is -0.139. The molecule has 0 N–H and O–H groups in total. The molecule has 21 heavy (non-hydrogen) atoms. The highest BCUT2D eigenvalue weighted by Crippen LogP contribution is 2.22. The minimum atomic E-state index is 0.00522. The number of ether oxygens (including phenoxy) is 1. The number of benzene rings is 1. The number of hydrogen-bond acceptors (Lipinski definition) is 3. The van der Waals surface area contributed by atoms with Gasteiger partial charge >= 0.3 is 0 Å². The fourth-order valence-corrected chi connectivity index (χ4v) is 3.30. The van der Waals surface area contributed by atoms with Crippen molar-refractivity contribution in [3.05, 3.63) is 58.3 Å². The van der Waals surface area contributed by atoms with Crippen molar-refractivity contribution in [2.45, 2.75) is 18.9 Å². The Labute approximate surface area is 129 Å². The van der Waals surface area contributed by atoms with E-state index in [2.05, 4.69) is 23.6 Å². The fourth-order valence-electron chi connectivity index (χ4n) is 2.59. The number of carbonyl (C=O) groups is 1. The highest BCUT2D eigenvalue weighted by Gasteiger charge is 2.24. The van der Waals surface area contributed by atoms with Gasteiger partial charge in [0, 0.05) is 17.8 Å². The van der Waals surface area contributed by atoms with Gasteiger partial charge in [-0.3, -0.25) is 4.79 Å². The molecule has 1 fully saturated rings. The van der Waals surface area contributed by atoms with Gasteiger partial charge in [-0.15, -0.1) is 11.3 Å². The monoisotopic (exact) mass is 301 g/mol. The van der Waals surface area contributed by atoms with Gasteiger partial charge < -0.3 is 9.64 Å². The molecule has 1 aromatic carbocycles. The zero-order chi connectivity index (χ0) is 14.5. The third-order valence-corrected chi connectivity index (χ3v) is 4.69. The molecule has 2 aromatic rings. The first kappa shape index (κ1) is 14.3. The minimum absolute atomic E-state index is 0.00522. The summed E-state index contributed by atoms with van der Waals surface area (Å²) < 4.78 is 5.80. The minimum Gasteiger partial charge on any atom is -0.370 e. The molecule has 2 heterocycles. The van der Waals surface area contributed by atoms with Gasteiger partial charge in [0.05, 0.1) is 13.2 Å². The van der Waals surface area contributed by atoms with E-state index >= 15 is 0 Å². The van der Waals surface area contributed by atoms with Crippen molar-refractivity contribution in [3.63, 3.8) is 0 Å². The van der Waals surface area contributed by atoms with Crippen LogP contribution in [-0.2, 0) is 16.0 Å². The topological polar surface area (TPSA) is 29.5 Å². The summed E-state index contributed by atoms with van der Waals surface area (Å²) >= 11 is 1.71. The number of hydrogen-bond donors (Lipinski definition) is 0. The van der Waals surface area contributed by atoms with Crippen molar-refractivity contribution in [2.75, 3.05) is 19.7 Å². The van der Waals surface area contributed by atoms with Gasteiger partial charge in [0.1, 0.15) is 6.10 Å². The standard InChI is InChI=1S/C17H19NO2S/c19-17(9-8-15-7-4-12-21-15)18-10-11-20-16(13-18)14-5-2-1-3-6-14/h1-7,12,16H,8-11,13H2. The Bertz CT molecular complexity index is 568. The van der Waals surface area contributed by atoms with Crippen molar-refractivity contribution < 1.29 is 9.53 Å². The fraction of sp³-hybridized carbons (Fsp3) is 0.353. The molecular formula is C17H19NO2S. The molecule has 3 rings (SSSR count). The van der Waals surface area contributed by atoms with Gasteiger partial charge in [-0.05, 0) is 23.4 Å². The number of amides is 1. The van der Waals surface area contributed by atoms with Crippen molar-refractivity contribution in [2.24, 2.45) is 0 Å². The highest BCUT2D eigenvalue weighted by molar-refractivity contribution is 7.09. The molecule has 1 atom stereocenters. The Kier molecular flexibility index (Phi) is 4.68. The molecule has 1 unspecified atom stereocenters. The highest BCUT2D eigenvalue weighted by atomic mass is 32.1. The van der Waals surface area contributed by atoms with Gasteiger partial charge in [-0.25, -0.2) is 0 Å². The van der Waals surface area contributed by atoms with E-state index in [1.165, 1.54) is 4.88 Å². The van der Waals surface area contributed by atoms with E-state index in [9.17, 15) is 4.79 Å². The molecule has 1 amide bonds. The van der Waals surface area contributed by atoms with Crippen LogP contribution in [0.1, 0.15) is 23.0 Å². The molecule has 0 spiro atoms. The maximum absolute atomic E-state index is 12.3. The van der Waals surface area contributed by atoms with Crippen molar-refractivity contribution in [1.82, 2.24) is 4.90 Å². The van der Waals surface area contributed by atoms with E-state index in [4.69, 9.17) is 4.74 Å². The zero-order valence-electron chi connectivity index (χ0n) is 11.9. The molecule has 1 aliphatic rings. The molecule has 3 nitrogen and oxygen atoms in total. The van der Waals surface area contributed by atoms with Gasteiger partial charge in [0.15, 0.2) is 0 Å². The van der Waals surface area contributed by atoms with Gasteiger partial charge in [0.25, 0.3) is 0 Å². The molecule has 1 aromatic heterocycles. The summed E-state index contributed by atoms with van der Waals surface area (Å²) in [5, 5.41) is 2.06. The predicted molar refractivity (Wildman–Crippen MR) is 84.4 cm³/mol. The molecule has 1 saturated heterocycles. The first-order valence-corrected chi connectivity index (χ1v) is 8.17. The summed E-state index contributed by atoms with van der Waals surface area (Å²) in [5.74, 6) is 0.229. The van der Waals surface area contributed by atoms with Crippen LogP contribution in [0.5, 0.6) is 0 Å². The van der Waals surface area contributed by atoms with Crippen LogP contribution in [0.3, 0.4) is 0 Å². The molecule has 4 heteroatoms. The summed E-state index contributed by atoms with van der Waals surface area (Å²) in [6, 6.07) is 14.3. The Morgan fingerprint density at radius 1 is 1.24 bits per heavy atom. The second-order valence-electron chi connectivity index (χ2n) is 5.19. The molecule has 0 saturated carbocycles. The number of nitrogens with zero attached hydrogens (tertiary/aromatic N) is 1. The molecule has 110 valence electrons. The first-order valence-electron chi connectivity index (χ1n) is 7.29. The lowest BCUT2D eigenvalue weighted by atomic mass is 10.1. The van der Waals surface area contributed by atoms with E-state index in [0.29, 0.717) is 26.1 Å². The summed E-state index contributed by atoms with van der Waals surface area (Å²) in [6.07, 6.45) is 1.43. The van der Waals surface area contributed by atoms with Crippen LogP contribution in [0, 0.1) is 0 Å². The normalized spacial score (nSPS) is 18.7. The molecular weight excluding hydrogens is 282 g/mol. The second kappa shape index (κ2) is 6.87. The van der Waals surface area contributed by atoms with Crippen molar-refractivity contribution in [3.8, 4) is 0 Å². The molecule has 1 aliphatic heterocycles. The third-order valence-electron chi connectivity index (χ3n) is 3.76. The first-order chi connectivity index (χ1) is 10.3. The van der Waals surface area contributed by atoms with Crippen LogP contribution in [0.2, 0.25) is 0 Å². The average molecular weight is 301 g/mol. The van der Waals surface area contributed by atoms with Crippen LogP contribution in [0.25, 0.3) is 0 Å². The maximum Gasteiger partial charge on any atom is 0.223 e. The number of thiophene rings is 1. The van der Waals surface area contributed by atoms with Crippen LogP contribution in [-0.4, -0.2) is 30.5 Å². The van der Waals surface area contributed by atoms with E-state index < -0.39 is 0 Å². The van der Waals surface area contributed by atoms with Crippen molar-refractivity contribution in [1.29, 1.82) is 0 Å². The lowest BCUT2D eigenvalue weighted by Gasteiger charge is -2.33. The number of morpholine rings is 1. The lowest BCUT2D eigenvalue weighted by Crippen LogP contribution is -2.42. The van der Waals surface area contributed by atoms with E-state index in [0.717, 1.165) is 12.0 Å². The Morgan fingerprint density at radius 2 is 2.10 bits per heavy atom. The smallest absolute Gasteiger partial charge is 0.223 e. The quantitative estimate of drug-likeness (QED) is 0.867. The Morgan fingerprint density at radius 3 is 2.86 bits per heavy atom. The van der Waals surface area contributed by atoms with E-state index in [-0.39, 0.29) is 12.0 Å². The van der Waals surface area contributed by atoms with E-state index in [1.807, 2.05) is 29.2 Å². The third kappa shape index (κ3) is 3.71.